The molecule has 0 aliphatic heterocycles. The van der Waals surface area contributed by atoms with Crippen LogP contribution in [0.15, 0.2) is 38.0 Å². The SMILES string of the molecule is C=CCOC(OCC=C)(OCC=C)C(O)C(C)C. The molecule has 4 nitrogen and oxygen atoms in total. The van der Waals surface area contributed by atoms with Gasteiger partial charge in [0.1, 0.15) is 6.10 Å². The summed E-state index contributed by atoms with van der Waals surface area (Å²) >= 11 is 0. The second-order valence-corrected chi connectivity index (χ2v) is 4.09. The van der Waals surface area contributed by atoms with E-state index in [0.29, 0.717) is 0 Å². The van der Waals surface area contributed by atoms with Gasteiger partial charge < -0.3 is 19.3 Å². The standard InChI is InChI=1S/C14H24O4/c1-6-9-16-14(17-10-7-2,18-11-8-3)13(15)12(4)5/h6-8,12-13,15H,1-3,9-11H2,4-5H3. The van der Waals surface area contributed by atoms with Gasteiger partial charge in [-0.2, -0.15) is 0 Å². The van der Waals surface area contributed by atoms with Crippen molar-refractivity contribution in [1.82, 2.24) is 0 Å². The van der Waals surface area contributed by atoms with Gasteiger partial charge in [0.25, 0.3) is 0 Å². The smallest absolute Gasteiger partial charge is 0.311 e. The van der Waals surface area contributed by atoms with Crippen LogP contribution in [-0.4, -0.2) is 37.0 Å². The van der Waals surface area contributed by atoms with Gasteiger partial charge >= 0.3 is 5.97 Å². The van der Waals surface area contributed by atoms with Gasteiger partial charge in [-0.1, -0.05) is 32.1 Å². The normalized spacial score (nSPS) is 13.3. The highest BCUT2D eigenvalue weighted by Crippen LogP contribution is 2.26. The molecule has 1 atom stereocenters. The van der Waals surface area contributed by atoms with Crippen molar-refractivity contribution in [2.75, 3.05) is 19.8 Å². The molecule has 1 unspecified atom stereocenters. The molecule has 18 heavy (non-hydrogen) atoms. The molecule has 0 aromatic heterocycles. The van der Waals surface area contributed by atoms with Crippen LogP contribution in [0.4, 0.5) is 0 Å². The summed E-state index contributed by atoms with van der Waals surface area (Å²) in [5, 5.41) is 10.2. The first-order valence-corrected chi connectivity index (χ1v) is 5.96. The Morgan fingerprint density at radius 1 is 0.944 bits per heavy atom. The van der Waals surface area contributed by atoms with E-state index in [4.69, 9.17) is 14.2 Å². The minimum absolute atomic E-state index is 0.0931. The minimum Gasteiger partial charge on any atom is -0.384 e. The maximum absolute atomic E-state index is 10.2. The van der Waals surface area contributed by atoms with Crippen molar-refractivity contribution in [2.24, 2.45) is 5.92 Å². The lowest BCUT2D eigenvalue weighted by molar-refractivity contribution is -0.409. The Labute approximate surface area is 110 Å². The molecule has 0 bridgehead atoms. The van der Waals surface area contributed by atoms with Crippen LogP contribution >= 0.6 is 0 Å². The lowest BCUT2D eigenvalue weighted by Gasteiger charge is -2.37. The molecule has 0 radical (unpaired) electrons. The summed E-state index contributed by atoms with van der Waals surface area (Å²) in [4.78, 5) is 0. The van der Waals surface area contributed by atoms with Gasteiger partial charge in [0, 0.05) is 0 Å². The molecular formula is C14H24O4. The van der Waals surface area contributed by atoms with E-state index in [1.165, 1.54) is 0 Å². The summed E-state index contributed by atoms with van der Waals surface area (Å²) in [5.74, 6) is -1.62. The first-order chi connectivity index (χ1) is 8.54. The van der Waals surface area contributed by atoms with Crippen LogP contribution in [0.3, 0.4) is 0 Å². The Balaban J connectivity index is 5.00. The number of hydrogen-bond acceptors (Lipinski definition) is 4. The summed E-state index contributed by atoms with van der Waals surface area (Å²) in [7, 11) is 0. The third kappa shape index (κ3) is 5.14. The maximum Gasteiger partial charge on any atom is 0.311 e. The lowest BCUT2D eigenvalue weighted by Crippen LogP contribution is -2.52. The highest BCUT2D eigenvalue weighted by Gasteiger charge is 2.43. The predicted molar refractivity (Wildman–Crippen MR) is 72.0 cm³/mol. The molecule has 0 amide bonds. The molecule has 0 rings (SSSR count). The summed E-state index contributed by atoms with van der Waals surface area (Å²) in [6.07, 6.45) is 3.76. The number of hydrogen-bond donors (Lipinski definition) is 1. The average Bonchev–Trinajstić information content (AvgIpc) is 2.37. The Hall–Kier alpha value is -0.940. The Morgan fingerprint density at radius 2 is 1.28 bits per heavy atom. The topological polar surface area (TPSA) is 47.9 Å². The van der Waals surface area contributed by atoms with Gasteiger partial charge in [-0.25, -0.2) is 0 Å². The number of ether oxygens (including phenoxy) is 3. The van der Waals surface area contributed by atoms with Crippen molar-refractivity contribution in [3.05, 3.63) is 38.0 Å². The highest BCUT2D eigenvalue weighted by molar-refractivity contribution is 4.80. The molecule has 0 saturated heterocycles. The molecule has 0 spiro atoms. The zero-order valence-corrected chi connectivity index (χ0v) is 11.3. The van der Waals surface area contributed by atoms with Crippen molar-refractivity contribution in [1.29, 1.82) is 0 Å². The van der Waals surface area contributed by atoms with Crippen LogP contribution < -0.4 is 0 Å². The molecule has 104 valence electrons. The second kappa shape index (κ2) is 9.05. The molecule has 0 aromatic carbocycles. The zero-order valence-electron chi connectivity index (χ0n) is 11.3. The molecule has 0 fully saturated rings. The van der Waals surface area contributed by atoms with Crippen LogP contribution in [0, 0.1) is 5.92 Å². The van der Waals surface area contributed by atoms with Gasteiger partial charge in [-0.15, -0.1) is 19.7 Å². The van der Waals surface area contributed by atoms with Gasteiger partial charge in [0.2, 0.25) is 0 Å². The van der Waals surface area contributed by atoms with Gasteiger partial charge in [-0.05, 0) is 5.92 Å². The van der Waals surface area contributed by atoms with E-state index in [-0.39, 0.29) is 25.7 Å². The summed E-state index contributed by atoms with van der Waals surface area (Å²) in [6, 6.07) is 0. The van der Waals surface area contributed by atoms with E-state index in [0.717, 1.165) is 0 Å². The first-order valence-electron chi connectivity index (χ1n) is 5.96. The maximum atomic E-state index is 10.2. The molecule has 4 heteroatoms. The highest BCUT2D eigenvalue weighted by atomic mass is 16.9. The molecule has 1 N–H and O–H groups in total. The number of rotatable bonds is 11. The number of aliphatic hydroxyl groups excluding tert-OH is 1. The predicted octanol–water partition coefficient (Wildman–Crippen LogP) is 2.26. The fourth-order valence-electron chi connectivity index (χ4n) is 1.31. The molecular weight excluding hydrogens is 232 g/mol. The minimum atomic E-state index is -1.52. The molecule has 0 saturated carbocycles. The Bertz CT molecular complexity index is 229. The third-order valence-corrected chi connectivity index (χ3v) is 2.20. The fourth-order valence-corrected chi connectivity index (χ4v) is 1.31. The van der Waals surface area contributed by atoms with Crippen LogP contribution in [0.5, 0.6) is 0 Å². The molecule has 0 aliphatic carbocycles. The first kappa shape index (κ1) is 17.1. The molecule has 0 aromatic rings. The monoisotopic (exact) mass is 256 g/mol. The van der Waals surface area contributed by atoms with Crippen molar-refractivity contribution < 1.29 is 19.3 Å². The van der Waals surface area contributed by atoms with Crippen molar-refractivity contribution in [3.8, 4) is 0 Å². The van der Waals surface area contributed by atoms with E-state index in [9.17, 15) is 5.11 Å². The molecule has 0 aliphatic rings. The van der Waals surface area contributed by atoms with E-state index < -0.39 is 12.1 Å². The summed E-state index contributed by atoms with van der Waals surface area (Å²) in [6.45, 7) is 15.0. The van der Waals surface area contributed by atoms with Crippen LogP contribution in [0.25, 0.3) is 0 Å². The largest absolute Gasteiger partial charge is 0.384 e. The number of aliphatic hydroxyl groups is 1. The van der Waals surface area contributed by atoms with Crippen LogP contribution in [0.2, 0.25) is 0 Å². The van der Waals surface area contributed by atoms with Crippen LogP contribution in [-0.2, 0) is 14.2 Å². The van der Waals surface area contributed by atoms with Crippen LogP contribution in [0.1, 0.15) is 13.8 Å². The Morgan fingerprint density at radius 3 is 1.50 bits per heavy atom. The Kier molecular flexibility index (Phi) is 8.58. The molecule has 0 heterocycles. The lowest BCUT2D eigenvalue weighted by atomic mass is 10.1. The van der Waals surface area contributed by atoms with E-state index in [2.05, 4.69) is 19.7 Å². The van der Waals surface area contributed by atoms with Gasteiger partial charge in [-0.3, -0.25) is 0 Å². The zero-order chi connectivity index (χ0) is 14.0. The fraction of sp³-hybridized carbons (Fsp3) is 0.571. The summed E-state index contributed by atoms with van der Waals surface area (Å²) < 4.78 is 16.5. The van der Waals surface area contributed by atoms with Gasteiger partial charge in [0.05, 0.1) is 19.8 Å². The second-order valence-electron chi connectivity index (χ2n) is 4.09. The van der Waals surface area contributed by atoms with Crippen molar-refractivity contribution >= 4 is 0 Å². The van der Waals surface area contributed by atoms with Gasteiger partial charge in [0.15, 0.2) is 0 Å². The van der Waals surface area contributed by atoms with E-state index in [1.54, 1.807) is 18.2 Å². The average molecular weight is 256 g/mol. The van der Waals surface area contributed by atoms with Crippen molar-refractivity contribution in [2.45, 2.75) is 25.9 Å². The van der Waals surface area contributed by atoms with Crippen molar-refractivity contribution in [3.63, 3.8) is 0 Å². The van der Waals surface area contributed by atoms with E-state index >= 15 is 0 Å². The third-order valence-electron chi connectivity index (χ3n) is 2.20. The van der Waals surface area contributed by atoms with E-state index in [1.807, 2.05) is 13.8 Å². The quantitative estimate of drug-likeness (QED) is 0.455. The summed E-state index contributed by atoms with van der Waals surface area (Å²) in [5.41, 5.74) is 0.